The van der Waals surface area contributed by atoms with Crippen LogP contribution in [-0.2, 0) is 0 Å². The zero-order valence-corrected chi connectivity index (χ0v) is 7.94. The molecule has 0 bridgehead atoms. The second-order valence-corrected chi connectivity index (χ2v) is 9.68. The van der Waals surface area contributed by atoms with E-state index in [4.69, 9.17) is 0 Å². The first-order valence-corrected chi connectivity index (χ1v) is 9.39. The van der Waals surface area contributed by atoms with E-state index >= 15 is 0 Å². The van der Waals surface area contributed by atoms with E-state index in [1.165, 1.54) is 6.42 Å². The van der Waals surface area contributed by atoms with Gasteiger partial charge in [-0.05, 0) is 0 Å². The van der Waals surface area contributed by atoms with Crippen LogP contribution in [0.15, 0.2) is 0 Å². The third kappa shape index (κ3) is 2.19. The van der Waals surface area contributed by atoms with Crippen LogP contribution < -0.4 is 0 Å². The Hall–Kier alpha value is 1.04. The SMILES string of the molecule is C[C@H]1CC[Se][Se]C1. The van der Waals surface area contributed by atoms with E-state index in [2.05, 4.69) is 6.92 Å². The van der Waals surface area contributed by atoms with Crippen molar-refractivity contribution in [2.75, 3.05) is 0 Å². The Kier molecular flexibility index (Phi) is 2.77. The fourth-order valence-electron chi connectivity index (χ4n) is 0.556. The first-order chi connectivity index (χ1) is 3.39. The molecule has 2 heteroatoms. The predicted octanol–water partition coefficient (Wildman–Crippen LogP) is 1.19. The van der Waals surface area contributed by atoms with Gasteiger partial charge in [-0.3, -0.25) is 0 Å². The van der Waals surface area contributed by atoms with Crippen LogP contribution in [-0.4, -0.2) is 26.3 Å². The molecule has 1 atom stereocenters. The third-order valence-electron chi connectivity index (χ3n) is 1.13. The second-order valence-electron chi connectivity index (χ2n) is 2.00. The Morgan fingerprint density at radius 1 is 1.43 bits per heavy atom. The maximum absolute atomic E-state index is 2.39. The molecule has 1 rings (SSSR count). The molecule has 0 aliphatic carbocycles. The predicted molar refractivity (Wildman–Crippen MR) is 34.9 cm³/mol. The molecule has 0 unspecified atom stereocenters. The van der Waals surface area contributed by atoms with Crippen LogP contribution in [0.1, 0.15) is 13.3 Å². The third-order valence-corrected chi connectivity index (χ3v) is 8.92. The van der Waals surface area contributed by atoms with Gasteiger partial charge in [0.2, 0.25) is 0 Å². The summed E-state index contributed by atoms with van der Waals surface area (Å²) < 4.78 is 0. The van der Waals surface area contributed by atoms with Crippen molar-refractivity contribution in [3.63, 3.8) is 0 Å². The molecule has 0 aromatic rings. The molecule has 42 valence electrons. The zero-order chi connectivity index (χ0) is 5.11. The van der Waals surface area contributed by atoms with E-state index in [1.54, 1.807) is 10.6 Å². The Morgan fingerprint density at radius 2 is 2.29 bits per heavy atom. The van der Waals surface area contributed by atoms with Crippen molar-refractivity contribution < 1.29 is 0 Å². The van der Waals surface area contributed by atoms with E-state index in [0.717, 1.165) is 32.2 Å². The van der Waals surface area contributed by atoms with E-state index < -0.39 is 0 Å². The summed E-state index contributed by atoms with van der Waals surface area (Å²) in [6.45, 7) is 2.39. The van der Waals surface area contributed by atoms with E-state index in [0.29, 0.717) is 0 Å². The van der Waals surface area contributed by atoms with E-state index in [9.17, 15) is 0 Å². The van der Waals surface area contributed by atoms with Gasteiger partial charge in [-0.25, -0.2) is 0 Å². The molecule has 0 amide bonds. The molecule has 1 saturated heterocycles. The zero-order valence-electron chi connectivity index (χ0n) is 4.52. The topological polar surface area (TPSA) is 0 Å². The normalized spacial score (nSPS) is 33.0. The fraction of sp³-hybridized carbons (Fsp3) is 1.00. The van der Waals surface area contributed by atoms with Crippen LogP contribution in [0, 0.1) is 5.92 Å². The molecule has 1 heterocycles. The molecule has 1 aliphatic rings. The van der Waals surface area contributed by atoms with Gasteiger partial charge >= 0.3 is 56.2 Å². The van der Waals surface area contributed by atoms with Gasteiger partial charge in [0.15, 0.2) is 0 Å². The molecule has 0 spiro atoms. The molecule has 7 heavy (non-hydrogen) atoms. The average Bonchev–Trinajstić information content (AvgIpc) is 1.69. The van der Waals surface area contributed by atoms with Crippen molar-refractivity contribution in [1.29, 1.82) is 0 Å². The minimum absolute atomic E-state index is 1.08. The molecule has 0 radical (unpaired) electrons. The number of hydrogen-bond donors (Lipinski definition) is 0. The van der Waals surface area contributed by atoms with Gasteiger partial charge < -0.3 is 0 Å². The summed E-state index contributed by atoms with van der Waals surface area (Å²) >= 11 is 2.18. The van der Waals surface area contributed by atoms with Crippen LogP contribution in [0.5, 0.6) is 0 Å². The van der Waals surface area contributed by atoms with Crippen molar-refractivity contribution in [2.24, 2.45) is 5.92 Å². The summed E-state index contributed by atoms with van der Waals surface area (Å²) in [5, 5.41) is 3.15. The molecule has 0 saturated carbocycles. The van der Waals surface area contributed by atoms with Crippen LogP contribution in [0.2, 0.25) is 10.6 Å². The standard InChI is InChI=1S/C5H10Se2/c1-5-2-3-6-7-4-5/h5H,2-4H2,1H3/t5-/m0/s1. The Morgan fingerprint density at radius 3 is 2.57 bits per heavy atom. The van der Waals surface area contributed by atoms with Gasteiger partial charge in [-0.1, -0.05) is 0 Å². The van der Waals surface area contributed by atoms with Gasteiger partial charge in [-0.2, -0.15) is 0 Å². The van der Waals surface area contributed by atoms with Crippen LogP contribution >= 0.6 is 0 Å². The van der Waals surface area contributed by atoms with Crippen molar-refractivity contribution in [1.82, 2.24) is 0 Å². The van der Waals surface area contributed by atoms with Crippen molar-refractivity contribution in [2.45, 2.75) is 24.0 Å². The molecule has 1 fully saturated rings. The van der Waals surface area contributed by atoms with Gasteiger partial charge in [0.25, 0.3) is 0 Å². The molecule has 0 aromatic carbocycles. The first-order valence-electron chi connectivity index (χ1n) is 2.64. The summed E-state index contributed by atoms with van der Waals surface area (Å²) in [7, 11) is 0. The van der Waals surface area contributed by atoms with E-state index in [-0.39, 0.29) is 0 Å². The minimum atomic E-state index is 1.08. The number of rotatable bonds is 0. The Balaban J connectivity index is 2.12. The monoisotopic (exact) mass is 230 g/mol. The van der Waals surface area contributed by atoms with E-state index in [1.807, 2.05) is 0 Å². The Bertz CT molecular complexity index is 48.0. The maximum atomic E-state index is 2.39. The van der Waals surface area contributed by atoms with Crippen molar-refractivity contribution in [3.8, 4) is 0 Å². The molecule has 0 nitrogen and oxygen atoms in total. The summed E-state index contributed by atoms with van der Waals surface area (Å²) in [6.07, 6.45) is 1.53. The summed E-state index contributed by atoms with van der Waals surface area (Å²) in [5.41, 5.74) is 0. The summed E-state index contributed by atoms with van der Waals surface area (Å²) in [6, 6.07) is 0. The van der Waals surface area contributed by atoms with Gasteiger partial charge in [0, 0.05) is 0 Å². The van der Waals surface area contributed by atoms with Crippen LogP contribution in [0.4, 0.5) is 0 Å². The fourth-order valence-corrected chi connectivity index (χ4v) is 8.80. The van der Waals surface area contributed by atoms with Gasteiger partial charge in [0.1, 0.15) is 0 Å². The first kappa shape index (κ1) is 6.16. The molecule has 1 aliphatic heterocycles. The van der Waals surface area contributed by atoms with Crippen LogP contribution in [0.3, 0.4) is 0 Å². The van der Waals surface area contributed by atoms with Crippen LogP contribution in [0.25, 0.3) is 0 Å². The molecule has 0 N–H and O–H groups in total. The summed E-state index contributed by atoms with van der Waals surface area (Å²) in [4.78, 5) is 0. The average molecular weight is 228 g/mol. The molecule has 0 aromatic heterocycles. The molecular formula is C5H10Se2. The van der Waals surface area contributed by atoms with Gasteiger partial charge in [-0.15, -0.1) is 0 Å². The number of hydrogen-bond acceptors (Lipinski definition) is 0. The van der Waals surface area contributed by atoms with Crippen molar-refractivity contribution >= 4 is 26.3 Å². The van der Waals surface area contributed by atoms with Crippen molar-refractivity contribution in [3.05, 3.63) is 0 Å². The summed E-state index contributed by atoms with van der Waals surface area (Å²) in [5.74, 6) is 1.08. The second kappa shape index (κ2) is 3.14. The van der Waals surface area contributed by atoms with Gasteiger partial charge in [0.05, 0.1) is 0 Å². The Labute approximate surface area is 56.3 Å². The quantitative estimate of drug-likeness (QED) is 0.546. The molecular weight excluding hydrogens is 218 g/mol.